The van der Waals surface area contributed by atoms with Crippen LogP contribution in [0.15, 0.2) is 42.7 Å². The van der Waals surface area contributed by atoms with E-state index >= 15 is 0 Å². The fourth-order valence-electron chi connectivity index (χ4n) is 4.13. The predicted molar refractivity (Wildman–Crippen MR) is 92.5 cm³/mol. The van der Waals surface area contributed by atoms with Gasteiger partial charge in [0.2, 0.25) is 0 Å². The van der Waals surface area contributed by atoms with Crippen LogP contribution in [-0.4, -0.2) is 47.0 Å². The molecule has 0 radical (unpaired) electrons. The predicted octanol–water partition coefficient (Wildman–Crippen LogP) is 3.35. The standard InChI is InChI=1S/C19H21F3N4/c20-16-5-3-9-24-17(16)26-11-6-18(14-26)13-25(10-7-19(18,21)22)12-15-4-1-2-8-23-15/h1-5,8-9H,6-7,10-14H2/t18-/m1/s1. The first kappa shape index (κ1) is 17.3. The van der Waals surface area contributed by atoms with Gasteiger partial charge >= 0.3 is 0 Å². The zero-order valence-electron chi connectivity index (χ0n) is 14.4. The quantitative estimate of drug-likeness (QED) is 0.838. The van der Waals surface area contributed by atoms with Crippen LogP contribution in [0.1, 0.15) is 18.5 Å². The Labute approximate surface area is 150 Å². The first-order valence-corrected chi connectivity index (χ1v) is 8.85. The van der Waals surface area contributed by atoms with E-state index in [2.05, 4.69) is 9.97 Å². The molecule has 2 aromatic heterocycles. The SMILES string of the molecule is Fc1cccnc1N1CC[C@@]2(CN(Cc3ccccn3)CCC2(F)F)C1. The number of hydrogen-bond donors (Lipinski definition) is 0. The molecule has 4 heterocycles. The lowest BCUT2D eigenvalue weighted by Crippen LogP contribution is -2.56. The summed E-state index contributed by atoms with van der Waals surface area (Å²) >= 11 is 0. The largest absolute Gasteiger partial charge is 0.353 e. The second-order valence-corrected chi connectivity index (χ2v) is 7.25. The van der Waals surface area contributed by atoms with Gasteiger partial charge in [-0.3, -0.25) is 9.88 Å². The van der Waals surface area contributed by atoms with Gasteiger partial charge in [-0.2, -0.15) is 0 Å². The summed E-state index contributed by atoms with van der Waals surface area (Å²) in [6.45, 7) is 1.68. The van der Waals surface area contributed by atoms with E-state index in [1.165, 1.54) is 18.3 Å². The molecule has 26 heavy (non-hydrogen) atoms. The maximum Gasteiger partial charge on any atom is 0.257 e. The Hall–Kier alpha value is -2.15. The number of rotatable bonds is 3. The van der Waals surface area contributed by atoms with E-state index in [9.17, 15) is 13.2 Å². The summed E-state index contributed by atoms with van der Waals surface area (Å²) in [5.41, 5.74) is -0.303. The summed E-state index contributed by atoms with van der Waals surface area (Å²) in [7, 11) is 0. The van der Waals surface area contributed by atoms with Gasteiger partial charge in [0.1, 0.15) is 0 Å². The Morgan fingerprint density at radius 2 is 1.81 bits per heavy atom. The Bertz CT molecular complexity index is 770. The molecular weight excluding hydrogens is 341 g/mol. The van der Waals surface area contributed by atoms with E-state index < -0.39 is 17.2 Å². The first-order valence-electron chi connectivity index (χ1n) is 8.85. The molecule has 0 aliphatic carbocycles. The van der Waals surface area contributed by atoms with Gasteiger partial charge in [-0.05, 0) is 30.7 Å². The van der Waals surface area contributed by atoms with Crippen molar-refractivity contribution >= 4 is 5.82 Å². The number of likely N-dealkylation sites (tertiary alicyclic amines) is 1. The number of aromatic nitrogens is 2. The molecule has 2 aliphatic heterocycles. The van der Waals surface area contributed by atoms with Crippen LogP contribution < -0.4 is 4.90 Å². The van der Waals surface area contributed by atoms with E-state index in [0.29, 0.717) is 26.1 Å². The highest BCUT2D eigenvalue weighted by Crippen LogP contribution is 2.50. The van der Waals surface area contributed by atoms with Crippen LogP contribution in [0.5, 0.6) is 0 Å². The number of pyridine rings is 2. The molecule has 0 saturated carbocycles. The van der Waals surface area contributed by atoms with Crippen molar-refractivity contribution in [2.24, 2.45) is 5.41 Å². The van der Waals surface area contributed by atoms with Crippen molar-refractivity contribution in [3.8, 4) is 0 Å². The first-order chi connectivity index (χ1) is 12.5. The minimum atomic E-state index is -2.77. The summed E-state index contributed by atoms with van der Waals surface area (Å²) in [5, 5.41) is 0. The highest BCUT2D eigenvalue weighted by Gasteiger charge is 2.59. The van der Waals surface area contributed by atoms with Gasteiger partial charge < -0.3 is 4.90 Å². The zero-order valence-corrected chi connectivity index (χ0v) is 14.4. The smallest absolute Gasteiger partial charge is 0.257 e. The molecular formula is C19H21F3N4. The molecule has 4 nitrogen and oxygen atoms in total. The average Bonchev–Trinajstić information content (AvgIpc) is 3.05. The Balaban J connectivity index is 1.54. The lowest BCUT2D eigenvalue weighted by atomic mass is 9.75. The summed E-state index contributed by atoms with van der Waals surface area (Å²) in [6, 6.07) is 8.47. The van der Waals surface area contributed by atoms with Gasteiger partial charge in [-0.25, -0.2) is 18.2 Å². The normalized spacial score (nSPS) is 25.7. The third-order valence-corrected chi connectivity index (χ3v) is 5.55. The molecule has 0 amide bonds. The number of halogens is 3. The van der Waals surface area contributed by atoms with Crippen molar-refractivity contribution in [2.45, 2.75) is 25.3 Å². The Morgan fingerprint density at radius 3 is 2.58 bits per heavy atom. The van der Waals surface area contributed by atoms with Crippen LogP contribution in [0.4, 0.5) is 19.0 Å². The van der Waals surface area contributed by atoms with Gasteiger partial charge in [0.25, 0.3) is 5.92 Å². The molecule has 0 aromatic carbocycles. The van der Waals surface area contributed by atoms with E-state index in [0.717, 1.165) is 5.69 Å². The van der Waals surface area contributed by atoms with Crippen LogP contribution >= 0.6 is 0 Å². The average molecular weight is 362 g/mol. The molecule has 2 aliphatic rings. The molecule has 0 N–H and O–H groups in total. The van der Waals surface area contributed by atoms with Crippen LogP contribution in [-0.2, 0) is 6.54 Å². The molecule has 0 unspecified atom stereocenters. The topological polar surface area (TPSA) is 32.3 Å². The molecule has 2 aromatic rings. The van der Waals surface area contributed by atoms with Crippen LogP contribution in [0.2, 0.25) is 0 Å². The lowest BCUT2D eigenvalue weighted by Gasteiger charge is -2.45. The van der Waals surface area contributed by atoms with E-state index in [4.69, 9.17) is 0 Å². The molecule has 138 valence electrons. The molecule has 0 bridgehead atoms. The van der Waals surface area contributed by atoms with Crippen molar-refractivity contribution in [3.63, 3.8) is 0 Å². The second kappa shape index (κ2) is 6.54. The van der Waals surface area contributed by atoms with Crippen LogP contribution in [0, 0.1) is 11.2 Å². The molecule has 2 saturated heterocycles. The third-order valence-electron chi connectivity index (χ3n) is 5.55. The van der Waals surface area contributed by atoms with Crippen LogP contribution in [0.3, 0.4) is 0 Å². The number of nitrogens with zero attached hydrogens (tertiary/aromatic N) is 4. The summed E-state index contributed by atoms with van der Waals surface area (Å²) in [5.74, 6) is -3.07. The fourth-order valence-corrected chi connectivity index (χ4v) is 4.13. The minimum Gasteiger partial charge on any atom is -0.353 e. The van der Waals surface area contributed by atoms with Gasteiger partial charge in [0, 0.05) is 51.5 Å². The van der Waals surface area contributed by atoms with Gasteiger partial charge in [-0.15, -0.1) is 0 Å². The lowest BCUT2D eigenvalue weighted by molar-refractivity contribution is -0.159. The molecule has 2 fully saturated rings. The van der Waals surface area contributed by atoms with Gasteiger partial charge in [0.15, 0.2) is 11.6 Å². The number of anilines is 1. The zero-order chi connectivity index (χ0) is 18.2. The van der Waals surface area contributed by atoms with E-state index in [-0.39, 0.29) is 25.3 Å². The van der Waals surface area contributed by atoms with Crippen molar-refractivity contribution in [3.05, 3.63) is 54.2 Å². The summed E-state index contributed by atoms with van der Waals surface area (Å²) in [4.78, 5) is 12.1. The third kappa shape index (κ3) is 3.05. The molecule has 1 spiro atoms. The number of alkyl halides is 2. The van der Waals surface area contributed by atoms with Gasteiger partial charge in [-0.1, -0.05) is 6.07 Å². The maximum atomic E-state index is 14.9. The van der Waals surface area contributed by atoms with Crippen molar-refractivity contribution < 1.29 is 13.2 Å². The molecule has 1 atom stereocenters. The van der Waals surface area contributed by atoms with Crippen molar-refractivity contribution in [1.29, 1.82) is 0 Å². The Morgan fingerprint density at radius 1 is 0.962 bits per heavy atom. The van der Waals surface area contributed by atoms with Gasteiger partial charge in [0.05, 0.1) is 11.1 Å². The maximum absolute atomic E-state index is 14.9. The monoisotopic (exact) mass is 362 g/mol. The summed E-state index contributed by atoms with van der Waals surface area (Å²) < 4.78 is 43.8. The number of hydrogen-bond acceptors (Lipinski definition) is 4. The molecule has 7 heteroatoms. The van der Waals surface area contributed by atoms with Crippen LogP contribution in [0.25, 0.3) is 0 Å². The second-order valence-electron chi connectivity index (χ2n) is 7.25. The highest BCUT2D eigenvalue weighted by atomic mass is 19.3. The molecule has 4 rings (SSSR count). The fraction of sp³-hybridized carbons (Fsp3) is 0.474. The highest BCUT2D eigenvalue weighted by molar-refractivity contribution is 5.42. The van der Waals surface area contributed by atoms with E-state index in [1.807, 2.05) is 23.1 Å². The number of piperidine rings is 1. The van der Waals surface area contributed by atoms with Crippen molar-refractivity contribution in [1.82, 2.24) is 14.9 Å². The Kier molecular flexibility index (Phi) is 4.34. The summed E-state index contributed by atoms with van der Waals surface area (Å²) in [6.07, 6.45) is 3.35. The van der Waals surface area contributed by atoms with E-state index in [1.54, 1.807) is 11.1 Å². The minimum absolute atomic E-state index is 0.118. The van der Waals surface area contributed by atoms with Crippen molar-refractivity contribution in [2.75, 3.05) is 31.1 Å².